The number of likely N-dealkylation sites (tertiary alicyclic amines) is 1. The van der Waals surface area contributed by atoms with Gasteiger partial charge >= 0.3 is 0 Å². The summed E-state index contributed by atoms with van der Waals surface area (Å²) in [5.74, 6) is 0.804. The molecule has 0 aliphatic carbocycles. The van der Waals surface area contributed by atoms with E-state index in [-0.39, 0.29) is 23.6 Å². The van der Waals surface area contributed by atoms with Crippen molar-refractivity contribution in [2.75, 3.05) is 17.6 Å². The van der Waals surface area contributed by atoms with E-state index in [0.717, 1.165) is 29.8 Å². The second-order valence-electron chi connectivity index (χ2n) is 7.87. The van der Waals surface area contributed by atoms with Crippen LogP contribution in [-0.2, 0) is 11.3 Å². The fraction of sp³-hybridized carbons (Fsp3) is 0.333. The van der Waals surface area contributed by atoms with Gasteiger partial charge in [-0.1, -0.05) is 53.7 Å². The van der Waals surface area contributed by atoms with E-state index in [2.05, 4.69) is 15.5 Å². The van der Waals surface area contributed by atoms with Crippen LogP contribution in [0.4, 0.5) is 5.69 Å². The minimum atomic E-state index is -0.169. The quantitative estimate of drug-likeness (QED) is 0.480. The molecule has 0 bridgehead atoms. The molecule has 33 heavy (non-hydrogen) atoms. The molecule has 4 rings (SSSR count). The van der Waals surface area contributed by atoms with Crippen molar-refractivity contribution in [1.82, 2.24) is 19.7 Å². The SMILES string of the molecule is CCn1c(SCC(=O)Nc2ccccc2Cl)nnc1C1CCCN1C(=O)c1ccccc1C. The number of halogens is 1. The molecule has 1 aliphatic heterocycles. The topological polar surface area (TPSA) is 80.1 Å². The van der Waals surface area contributed by atoms with Crippen LogP contribution in [0.15, 0.2) is 53.7 Å². The Balaban J connectivity index is 1.47. The van der Waals surface area contributed by atoms with E-state index in [1.807, 2.05) is 59.7 Å². The maximum absolute atomic E-state index is 13.3. The first-order chi connectivity index (χ1) is 16.0. The highest BCUT2D eigenvalue weighted by atomic mass is 35.5. The molecule has 0 spiro atoms. The van der Waals surface area contributed by atoms with Crippen LogP contribution < -0.4 is 5.32 Å². The number of aromatic nitrogens is 3. The molecule has 1 aliphatic rings. The van der Waals surface area contributed by atoms with Crippen molar-refractivity contribution in [3.63, 3.8) is 0 Å². The van der Waals surface area contributed by atoms with Crippen molar-refractivity contribution < 1.29 is 9.59 Å². The summed E-state index contributed by atoms with van der Waals surface area (Å²) in [7, 11) is 0. The van der Waals surface area contributed by atoms with Gasteiger partial charge in [-0.3, -0.25) is 9.59 Å². The lowest BCUT2D eigenvalue weighted by molar-refractivity contribution is -0.113. The van der Waals surface area contributed by atoms with E-state index in [1.165, 1.54) is 11.8 Å². The lowest BCUT2D eigenvalue weighted by Gasteiger charge is -2.25. The van der Waals surface area contributed by atoms with Crippen LogP contribution in [0, 0.1) is 6.92 Å². The Kier molecular flexibility index (Phi) is 7.35. The van der Waals surface area contributed by atoms with Gasteiger partial charge in [0.1, 0.15) is 0 Å². The Morgan fingerprint density at radius 1 is 1.15 bits per heavy atom. The number of aryl methyl sites for hydroxylation is 1. The molecule has 3 aromatic rings. The summed E-state index contributed by atoms with van der Waals surface area (Å²) in [6, 6.07) is 14.7. The second-order valence-corrected chi connectivity index (χ2v) is 9.22. The molecule has 0 saturated carbocycles. The van der Waals surface area contributed by atoms with E-state index in [1.54, 1.807) is 12.1 Å². The average molecular weight is 484 g/mol. The van der Waals surface area contributed by atoms with E-state index < -0.39 is 0 Å². The summed E-state index contributed by atoms with van der Waals surface area (Å²) in [5, 5.41) is 12.8. The Morgan fingerprint density at radius 2 is 1.91 bits per heavy atom. The zero-order chi connectivity index (χ0) is 23.4. The van der Waals surface area contributed by atoms with Gasteiger partial charge in [0.15, 0.2) is 11.0 Å². The van der Waals surface area contributed by atoms with Crippen LogP contribution in [-0.4, -0.2) is 43.8 Å². The van der Waals surface area contributed by atoms with E-state index in [9.17, 15) is 9.59 Å². The van der Waals surface area contributed by atoms with Crippen molar-refractivity contribution in [1.29, 1.82) is 0 Å². The zero-order valence-electron chi connectivity index (χ0n) is 18.6. The summed E-state index contributed by atoms with van der Waals surface area (Å²) in [6.07, 6.45) is 1.76. The number of para-hydroxylation sites is 1. The Hall–Kier alpha value is -2.84. The van der Waals surface area contributed by atoms with Crippen LogP contribution in [0.1, 0.15) is 47.6 Å². The molecule has 1 atom stereocenters. The van der Waals surface area contributed by atoms with E-state index in [4.69, 9.17) is 11.6 Å². The maximum Gasteiger partial charge on any atom is 0.254 e. The Bertz CT molecular complexity index is 1170. The monoisotopic (exact) mass is 483 g/mol. The molecule has 1 fully saturated rings. The average Bonchev–Trinajstić information content (AvgIpc) is 3.45. The summed E-state index contributed by atoms with van der Waals surface area (Å²) < 4.78 is 2.00. The first kappa shape index (κ1) is 23.3. The highest BCUT2D eigenvalue weighted by Gasteiger charge is 2.35. The molecule has 9 heteroatoms. The molecular weight excluding hydrogens is 458 g/mol. The summed E-state index contributed by atoms with van der Waals surface area (Å²) in [6.45, 7) is 5.31. The van der Waals surface area contributed by atoms with Gasteiger partial charge in [0.25, 0.3) is 5.91 Å². The van der Waals surface area contributed by atoms with Crippen LogP contribution >= 0.6 is 23.4 Å². The van der Waals surface area contributed by atoms with Gasteiger partial charge in [0.05, 0.1) is 22.5 Å². The number of thioether (sulfide) groups is 1. The minimum absolute atomic E-state index is 0.0228. The van der Waals surface area contributed by atoms with Gasteiger partial charge in [-0.05, 0) is 50.5 Å². The molecule has 172 valence electrons. The minimum Gasteiger partial charge on any atom is -0.328 e. The Morgan fingerprint density at radius 3 is 2.67 bits per heavy atom. The summed E-state index contributed by atoms with van der Waals surface area (Å²) in [4.78, 5) is 27.6. The molecule has 2 heterocycles. The second kappa shape index (κ2) is 10.4. The first-order valence-electron chi connectivity index (χ1n) is 11.0. The number of nitrogens with one attached hydrogen (secondary N) is 1. The number of hydrogen-bond acceptors (Lipinski definition) is 5. The van der Waals surface area contributed by atoms with E-state index in [0.29, 0.717) is 29.0 Å². The predicted molar refractivity (Wildman–Crippen MR) is 131 cm³/mol. The number of hydrogen-bond donors (Lipinski definition) is 1. The van der Waals surface area contributed by atoms with Crippen molar-refractivity contribution >= 4 is 40.9 Å². The molecule has 1 N–H and O–H groups in total. The third-order valence-electron chi connectivity index (χ3n) is 5.73. The van der Waals surface area contributed by atoms with Crippen LogP contribution in [0.2, 0.25) is 5.02 Å². The fourth-order valence-electron chi connectivity index (χ4n) is 4.08. The molecule has 1 saturated heterocycles. The highest BCUT2D eigenvalue weighted by molar-refractivity contribution is 7.99. The molecule has 0 radical (unpaired) electrons. The van der Waals surface area contributed by atoms with Crippen LogP contribution in [0.3, 0.4) is 0 Å². The molecule has 1 unspecified atom stereocenters. The van der Waals surface area contributed by atoms with Gasteiger partial charge in [-0.2, -0.15) is 0 Å². The Labute approximate surface area is 202 Å². The molecule has 7 nitrogen and oxygen atoms in total. The normalized spacial score (nSPS) is 15.6. The van der Waals surface area contributed by atoms with Crippen molar-refractivity contribution in [2.45, 2.75) is 44.4 Å². The lowest BCUT2D eigenvalue weighted by Crippen LogP contribution is -2.32. The number of rotatable bonds is 7. The van der Waals surface area contributed by atoms with Gasteiger partial charge in [0.2, 0.25) is 5.91 Å². The number of anilines is 1. The lowest BCUT2D eigenvalue weighted by atomic mass is 10.1. The number of benzene rings is 2. The molecule has 1 aromatic heterocycles. The number of amides is 2. The third kappa shape index (κ3) is 5.07. The molecule has 2 aromatic carbocycles. The van der Waals surface area contributed by atoms with Gasteiger partial charge in [-0.25, -0.2) is 0 Å². The number of carbonyl (C=O) groups excluding carboxylic acids is 2. The van der Waals surface area contributed by atoms with E-state index >= 15 is 0 Å². The summed E-state index contributed by atoms with van der Waals surface area (Å²) >= 11 is 7.45. The van der Waals surface area contributed by atoms with Gasteiger partial charge < -0.3 is 14.8 Å². The zero-order valence-corrected chi connectivity index (χ0v) is 20.2. The van der Waals surface area contributed by atoms with Gasteiger partial charge in [-0.15, -0.1) is 10.2 Å². The number of carbonyl (C=O) groups is 2. The van der Waals surface area contributed by atoms with Crippen molar-refractivity contribution in [3.8, 4) is 0 Å². The molecule has 2 amide bonds. The maximum atomic E-state index is 13.3. The van der Waals surface area contributed by atoms with Crippen molar-refractivity contribution in [3.05, 3.63) is 70.5 Å². The smallest absolute Gasteiger partial charge is 0.254 e. The number of nitrogens with zero attached hydrogens (tertiary/aromatic N) is 4. The predicted octanol–water partition coefficient (Wildman–Crippen LogP) is 4.97. The van der Waals surface area contributed by atoms with Crippen LogP contribution in [0.5, 0.6) is 0 Å². The molecular formula is C24H26ClN5O2S. The summed E-state index contributed by atoms with van der Waals surface area (Å²) in [5.41, 5.74) is 2.27. The standard InChI is InChI=1S/C24H26ClN5O2S/c1-3-29-22(20-13-8-14-30(20)23(32)17-10-5-4-9-16(17)2)27-28-24(29)33-15-21(31)26-19-12-7-6-11-18(19)25/h4-7,9-12,20H,3,8,13-15H2,1-2H3,(H,26,31). The van der Waals surface area contributed by atoms with Crippen LogP contribution in [0.25, 0.3) is 0 Å². The fourth-order valence-corrected chi connectivity index (χ4v) is 5.07. The van der Waals surface area contributed by atoms with Gasteiger partial charge in [0, 0.05) is 18.7 Å². The third-order valence-corrected chi connectivity index (χ3v) is 7.03. The largest absolute Gasteiger partial charge is 0.328 e. The highest BCUT2D eigenvalue weighted by Crippen LogP contribution is 2.34. The first-order valence-corrected chi connectivity index (χ1v) is 12.3. The van der Waals surface area contributed by atoms with Crippen molar-refractivity contribution in [2.24, 2.45) is 0 Å².